The number of rotatable bonds is 11. The molecule has 0 aromatic heterocycles. The number of thioether (sulfide) groups is 1. The molecule has 2 fully saturated rings. The van der Waals surface area contributed by atoms with Crippen molar-refractivity contribution in [3.63, 3.8) is 0 Å². The van der Waals surface area contributed by atoms with E-state index in [4.69, 9.17) is 15.2 Å². The molecule has 5 rings (SSSR count). The summed E-state index contributed by atoms with van der Waals surface area (Å²) >= 11 is 1.29. The summed E-state index contributed by atoms with van der Waals surface area (Å²) in [5.74, 6) is -0.680. The maximum absolute atomic E-state index is 14.2. The first-order valence-corrected chi connectivity index (χ1v) is 17.3. The van der Waals surface area contributed by atoms with E-state index < -0.39 is 47.5 Å². The van der Waals surface area contributed by atoms with Gasteiger partial charge in [0.25, 0.3) is 0 Å². The Hall–Kier alpha value is -3.06. The number of halogens is 2. The second kappa shape index (κ2) is 15.4. The highest BCUT2D eigenvalue weighted by atomic mass is 32.2. The minimum absolute atomic E-state index is 0.0603. The van der Waals surface area contributed by atoms with Gasteiger partial charge in [0.1, 0.15) is 53.3 Å². The lowest BCUT2D eigenvalue weighted by Crippen LogP contribution is -2.52. The van der Waals surface area contributed by atoms with Gasteiger partial charge in [-0.2, -0.15) is 0 Å². The van der Waals surface area contributed by atoms with E-state index in [1.54, 1.807) is 18.1 Å². The summed E-state index contributed by atoms with van der Waals surface area (Å²) < 4.78 is 39.9. The summed E-state index contributed by atoms with van der Waals surface area (Å²) in [4.78, 5) is 14.6. The molecule has 8 nitrogen and oxygen atoms in total. The molecule has 3 aromatic carbocycles. The number of aryl methyl sites for hydroxylation is 2. The van der Waals surface area contributed by atoms with E-state index in [1.807, 2.05) is 42.5 Å². The third kappa shape index (κ3) is 8.33. The van der Waals surface area contributed by atoms with Crippen LogP contribution in [0.4, 0.5) is 8.78 Å². The van der Waals surface area contributed by atoms with Crippen LogP contribution in [-0.4, -0.2) is 81.4 Å². The Morgan fingerprint density at radius 3 is 2.47 bits per heavy atom. The number of nitrogens with zero attached hydrogens (tertiary/aromatic N) is 1. The molecular weight excluding hydrogens is 626 g/mol. The van der Waals surface area contributed by atoms with Crippen molar-refractivity contribution >= 4 is 17.7 Å². The van der Waals surface area contributed by atoms with Gasteiger partial charge in [0, 0.05) is 31.5 Å². The number of benzene rings is 3. The van der Waals surface area contributed by atoms with E-state index in [9.17, 15) is 28.9 Å². The maximum atomic E-state index is 14.2. The summed E-state index contributed by atoms with van der Waals surface area (Å²) in [6.07, 6.45) is -0.517. The van der Waals surface area contributed by atoms with Gasteiger partial charge in [-0.15, -0.1) is 11.8 Å². The first kappa shape index (κ1) is 35.3. The van der Waals surface area contributed by atoms with Crippen LogP contribution in [0.25, 0.3) is 0 Å². The lowest BCUT2D eigenvalue weighted by atomic mass is 9.90. The highest BCUT2D eigenvalue weighted by Gasteiger charge is 2.44. The molecule has 7 atom stereocenters. The van der Waals surface area contributed by atoms with Gasteiger partial charge in [-0.25, -0.2) is 8.78 Å². The molecule has 0 unspecified atom stereocenters. The van der Waals surface area contributed by atoms with Crippen molar-refractivity contribution < 1.29 is 38.4 Å². The molecule has 5 N–H and O–H groups in total. The Morgan fingerprint density at radius 2 is 1.77 bits per heavy atom. The van der Waals surface area contributed by atoms with E-state index in [1.165, 1.54) is 17.8 Å². The van der Waals surface area contributed by atoms with E-state index in [2.05, 4.69) is 6.92 Å². The second-order valence-corrected chi connectivity index (χ2v) is 13.5. The number of ether oxygens (including phenoxy) is 2. The van der Waals surface area contributed by atoms with Gasteiger partial charge in [-0.05, 0) is 78.0 Å². The molecule has 0 radical (unpaired) electrons. The number of carbonyl (C=O) groups is 1. The van der Waals surface area contributed by atoms with Gasteiger partial charge < -0.3 is 35.4 Å². The molecule has 2 aliphatic heterocycles. The Bertz CT molecular complexity index is 1540. The van der Waals surface area contributed by atoms with Crippen molar-refractivity contribution in [2.24, 2.45) is 5.73 Å². The molecule has 0 aliphatic carbocycles. The number of carbonyl (C=O) groups excluding carboxylic acids is 1. The highest BCUT2D eigenvalue weighted by Crippen LogP contribution is 2.37. The molecular formula is C36H44F2N2O6S. The number of nitrogens with two attached hydrogens (primary N) is 1. The van der Waals surface area contributed by atoms with E-state index >= 15 is 0 Å². The van der Waals surface area contributed by atoms with Crippen LogP contribution in [0.1, 0.15) is 59.3 Å². The van der Waals surface area contributed by atoms with Crippen molar-refractivity contribution in [2.75, 3.05) is 19.3 Å². The average molecular weight is 671 g/mol. The molecule has 11 heteroatoms. The molecule has 254 valence electrons. The Balaban J connectivity index is 1.16. The zero-order valence-electron chi connectivity index (χ0n) is 26.9. The maximum Gasteiger partial charge on any atom is 0.224 e. The first-order chi connectivity index (χ1) is 22.5. The lowest BCUT2D eigenvalue weighted by Gasteiger charge is -2.40. The van der Waals surface area contributed by atoms with E-state index in [-0.39, 0.29) is 24.9 Å². The molecule has 47 heavy (non-hydrogen) atoms. The van der Waals surface area contributed by atoms with Crippen LogP contribution in [0.5, 0.6) is 5.75 Å². The van der Waals surface area contributed by atoms with Gasteiger partial charge in [-0.3, -0.25) is 4.79 Å². The van der Waals surface area contributed by atoms with Crippen LogP contribution in [0.3, 0.4) is 0 Å². The number of hydrogen-bond acceptors (Lipinski definition) is 8. The minimum Gasteiger partial charge on any atom is -0.489 e. The SMILES string of the molecule is CCc1ccc([C@@H]2O[C@H](SC)[C@@H](O)[C@H](O)[C@H]2O)cc1Cc1ccc(O[C@H]2CCN(C(=O)C[C@H](N)Cc3cc(C)c(F)cc3F)C2)cc1. The van der Waals surface area contributed by atoms with Crippen LogP contribution < -0.4 is 10.5 Å². The monoisotopic (exact) mass is 670 g/mol. The quantitative estimate of drug-likeness (QED) is 0.239. The fourth-order valence-electron chi connectivity index (χ4n) is 6.38. The first-order valence-electron chi connectivity index (χ1n) is 16.0. The minimum atomic E-state index is -1.31. The van der Waals surface area contributed by atoms with Crippen LogP contribution in [0.2, 0.25) is 0 Å². The van der Waals surface area contributed by atoms with Crippen LogP contribution in [-0.2, 0) is 28.8 Å². The molecule has 2 aliphatic rings. The third-order valence-corrected chi connectivity index (χ3v) is 9.96. The summed E-state index contributed by atoms with van der Waals surface area (Å²) in [5.41, 5.74) is 10.2. The summed E-state index contributed by atoms with van der Waals surface area (Å²) in [6.45, 7) is 4.63. The standard InChI is InChI=1S/C36H44F2N2O6S/c1-4-22-7-8-23(35-33(43)32(42)34(44)36(46-35)47-3)15-24(22)14-21-5-9-27(10-6-21)45-28-11-12-40(19-28)31(41)17-26(39)16-25-13-20(2)29(37)18-30(25)38/h5-10,13,15,18,26,28,32-36,42-44H,4,11-12,14,16-17,19,39H2,1-3H3/t26-,28+,32-,33-,34+,35+,36-/m1/s1. The van der Waals surface area contributed by atoms with Crippen molar-refractivity contribution in [1.82, 2.24) is 4.90 Å². The second-order valence-electron chi connectivity index (χ2n) is 12.6. The van der Waals surface area contributed by atoms with Crippen LogP contribution in [0.15, 0.2) is 54.6 Å². The normalized spacial score (nSPS) is 25.2. The van der Waals surface area contributed by atoms with Gasteiger partial charge in [0.2, 0.25) is 5.91 Å². The number of amides is 1. The molecule has 2 saturated heterocycles. The Morgan fingerprint density at radius 1 is 1.02 bits per heavy atom. The Kier molecular flexibility index (Phi) is 11.6. The summed E-state index contributed by atoms with van der Waals surface area (Å²) in [5, 5.41) is 31.3. The third-order valence-electron chi connectivity index (χ3n) is 9.11. The van der Waals surface area contributed by atoms with Gasteiger partial charge in [-0.1, -0.05) is 43.3 Å². The number of aliphatic hydroxyl groups is 3. The van der Waals surface area contributed by atoms with Crippen molar-refractivity contribution in [1.29, 1.82) is 0 Å². The van der Waals surface area contributed by atoms with Crippen LogP contribution >= 0.6 is 11.8 Å². The number of likely N-dealkylation sites (tertiary alicyclic amines) is 1. The zero-order valence-corrected chi connectivity index (χ0v) is 27.8. The molecule has 0 spiro atoms. The van der Waals surface area contributed by atoms with Crippen LogP contribution in [0, 0.1) is 18.6 Å². The fourth-order valence-corrected chi connectivity index (χ4v) is 7.05. The number of aliphatic hydroxyl groups excluding tert-OH is 3. The summed E-state index contributed by atoms with van der Waals surface area (Å²) in [6, 6.07) is 15.5. The van der Waals surface area contributed by atoms with E-state index in [0.29, 0.717) is 42.8 Å². The lowest BCUT2D eigenvalue weighted by molar-refractivity contribution is -0.200. The van der Waals surface area contributed by atoms with Crippen molar-refractivity contribution in [3.05, 3.63) is 99.6 Å². The predicted molar refractivity (Wildman–Crippen MR) is 177 cm³/mol. The molecule has 1 amide bonds. The highest BCUT2D eigenvalue weighted by molar-refractivity contribution is 7.99. The molecule has 0 bridgehead atoms. The zero-order chi connectivity index (χ0) is 33.8. The summed E-state index contributed by atoms with van der Waals surface area (Å²) in [7, 11) is 0. The topological polar surface area (TPSA) is 125 Å². The van der Waals surface area contributed by atoms with Gasteiger partial charge >= 0.3 is 0 Å². The van der Waals surface area contributed by atoms with Gasteiger partial charge in [0.05, 0.1) is 6.54 Å². The van der Waals surface area contributed by atoms with Crippen molar-refractivity contribution in [2.45, 2.75) is 87.9 Å². The predicted octanol–water partition coefficient (Wildman–Crippen LogP) is 4.21. The average Bonchev–Trinajstić information content (AvgIpc) is 3.52. The fraction of sp³-hybridized carbons (Fsp3) is 0.472. The smallest absolute Gasteiger partial charge is 0.224 e. The van der Waals surface area contributed by atoms with E-state index in [0.717, 1.165) is 34.7 Å². The Labute approximate surface area is 278 Å². The van der Waals surface area contributed by atoms with Gasteiger partial charge in [0.15, 0.2) is 0 Å². The largest absolute Gasteiger partial charge is 0.489 e. The molecule has 0 saturated carbocycles. The number of hydrogen-bond donors (Lipinski definition) is 4. The molecule has 3 aromatic rings. The molecule has 2 heterocycles. The van der Waals surface area contributed by atoms with Crippen molar-refractivity contribution in [3.8, 4) is 5.75 Å².